The molecule has 154 valence electrons. The first-order valence-electron chi connectivity index (χ1n) is 10.3. The zero-order valence-corrected chi connectivity index (χ0v) is 17.2. The smallest absolute Gasteiger partial charge is 0.257 e. The van der Waals surface area contributed by atoms with Gasteiger partial charge >= 0.3 is 0 Å². The summed E-state index contributed by atoms with van der Waals surface area (Å²) in [4.78, 5) is 18.6. The van der Waals surface area contributed by atoms with Gasteiger partial charge < -0.3 is 15.3 Å². The molecule has 0 aliphatic carbocycles. The molecule has 0 bridgehead atoms. The molecule has 2 aromatic carbocycles. The number of fused-ring (bicyclic) bond motifs is 1. The third-order valence-electron chi connectivity index (χ3n) is 5.38. The van der Waals surface area contributed by atoms with Crippen LogP contribution in [0.25, 0.3) is 22.2 Å². The quantitative estimate of drug-likeness (QED) is 0.381. The van der Waals surface area contributed by atoms with Gasteiger partial charge in [0.2, 0.25) is 0 Å². The first kappa shape index (κ1) is 18.9. The fourth-order valence-electron chi connectivity index (χ4n) is 3.68. The van der Waals surface area contributed by atoms with Crippen LogP contribution in [-0.2, 0) is 13.1 Å². The van der Waals surface area contributed by atoms with Crippen LogP contribution in [0, 0.1) is 6.92 Å². The minimum Gasteiger partial charge on any atom is -0.378 e. The van der Waals surface area contributed by atoms with E-state index in [0.717, 1.165) is 34.4 Å². The predicted molar refractivity (Wildman–Crippen MR) is 124 cm³/mol. The zero-order valence-electron chi connectivity index (χ0n) is 17.2. The van der Waals surface area contributed by atoms with Crippen molar-refractivity contribution in [1.29, 1.82) is 0 Å². The normalized spacial score (nSPS) is 11.1. The molecule has 0 radical (unpaired) electrons. The fourth-order valence-corrected chi connectivity index (χ4v) is 3.68. The van der Waals surface area contributed by atoms with Crippen molar-refractivity contribution in [3.63, 3.8) is 0 Å². The van der Waals surface area contributed by atoms with Gasteiger partial charge in [0.15, 0.2) is 0 Å². The Kier molecular flexibility index (Phi) is 4.88. The monoisotopic (exact) mass is 409 g/mol. The van der Waals surface area contributed by atoms with Crippen molar-refractivity contribution in [2.75, 3.05) is 5.32 Å². The largest absolute Gasteiger partial charge is 0.378 e. The molecule has 3 aromatic heterocycles. The second-order valence-corrected chi connectivity index (χ2v) is 7.79. The topological polar surface area (TPSA) is 78.5 Å². The number of nitrogens with zero attached hydrogens (tertiary/aromatic N) is 2. The number of para-hydroxylation sites is 1. The molecule has 0 spiro atoms. The van der Waals surface area contributed by atoms with Gasteiger partial charge in [0.05, 0.1) is 29.7 Å². The number of hydrogen-bond acceptors (Lipinski definition) is 3. The van der Waals surface area contributed by atoms with E-state index in [1.54, 1.807) is 6.20 Å². The van der Waals surface area contributed by atoms with Gasteiger partial charge in [0, 0.05) is 29.8 Å². The summed E-state index contributed by atoms with van der Waals surface area (Å²) < 4.78 is 1.91. The highest BCUT2D eigenvalue weighted by Crippen LogP contribution is 2.22. The fraction of sp³-hybridized carbons (Fsp3) is 0.120. The second-order valence-electron chi connectivity index (χ2n) is 7.79. The molecule has 0 aliphatic heterocycles. The standard InChI is InChI=1S/C25H23N5O/c1-17-6-8-18(9-7-17)15-30-16-21(14-28-30)26-12-19-10-22(25(31)27-13-19)24-11-20-4-2-3-5-23(20)29-24/h2-11,13-14,16,26,29H,12,15H2,1H3,(H,27,31). The van der Waals surface area contributed by atoms with E-state index < -0.39 is 0 Å². The van der Waals surface area contributed by atoms with E-state index in [1.807, 2.05) is 53.5 Å². The number of pyridine rings is 1. The van der Waals surface area contributed by atoms with Gasteiger partial charge in [-0.15, -0.1) is 0 Å². The van der Waals surface area contributed by atoms with Gasteiger partial charge in [0.25, 0.3) is 5.56 Å². The Hall–Kier alpha value is -4.06. The third-order valence-corrected chi connectivity index (χ3v) is 5.38. The average molecular weight is 409 g/mol. The number of nitrogens with one attached hydrogen (secondary N) is 3. The Balaban J connectivity index is 1.30. The van der Waals surface area contributed by atoms with Gasteiger partial charge in [0.1, 0.15) is 0 Å². The van der Waals surface area contributed by atoms with Crippen molar-refractivity contribution in [2.24, 2.45) is 0 Å². The molecule has 0 unspecified atom stereocenters. The van der Waals surface area contributed by atoms with E-state index in [4.69, 9.17) is 0 Å². The van der Waals surface area contributed by atoms with E-state index in [-0.39, 0.29) is 5.56 Å². The summed E-state index contributed by atoms with van der Waals surface area (Å²) in [6.45, 7) is 3.39. The highest BCUT2D eigenvalue weighted by atomic mass is 16.1. The summed E-state index contributed by atoms with van der Waals surface area (Å²) in [6, 6.07) is 20.4. The molecule has 0 saturated heterocycles. The molecule has 5 rings (SSSR count). The van der Waals surface area contributed by atoms with Crippen LogP contribution in [0.4, 0.5) is 5.69 Å². The van der Waals surface area contributed by atoms with E-state index in [2.05, 4.69) is 51.6 Å². The van der Waals surface area contributed by atoms with Crippen molar-refractivity contribution in [1.82, 2.24) is 19.7 Å². The highest BCUT2D eigenvalue weighted by Gasteiger charge is 2.09. The lowest BCUT2D eigenvalue weighted by atomic mass is 10.1. The van der Waals surface area contributed by atoms with Crippen LogP contribution in [0.3, 0.4) is 0 Å². The molecule has 0 atom stereocenters. The highest BCUT2D eigenvalue weighted by molar-refractivity contribution is 5.85. The van der Waals surface area contributed by atoms with Crippen molar-refractivity contribution < 1.29 is 0 Å². The van der Waals surface area contributed by atoms with Crippen LogP contribution in [0.1, 0.15) is 16.7 Å². The zero-order chi connectivity index (χ0) is 21.2. The maximum Gasteiger partial charge on any atom is 0.257 e. The lowest BCUT2D eigenvalue weighted by molar-refractivity contribution is 0.687. The number of aryl methyl sites for hydroxylation is 1. The molecule has 3 heterocycles. The lowest BCUT2D eigenvalue weighted by Gasteiger charge is -2.06. The number of aromatic nitrogens is 4. The van der Waals surface area contributed by atoms with Gasteiger partial charge in [-0.2, -0.15) is 5.10 Å². The van der Waals surface area contributed by atoms with E-state index in [1.165, 1.54) is 11.1 Å². The molecule has 5 aromatic rings. The van der Waals surface area contributed by atoms with Crippen molar-refractivity contribution >= 4 is 16.6 Å². The second kappa shape index (κ2) is 7.99. The molecular weight excluding hydrogens is 386 g/mol. The molecular formula is C25H23N5O. The van der Waals surface area contributed by atoms with Crippen LogP contribution >= 0.6 is 0 Å². The predicted octanol–water partition coefficient (Wildman–Crippen LogP) is 4.69. The summed E-state index contributed by atoms with van der Waals surface area (Å²) in [7, 11) is 0. The number of benzene rings is 2. The Labute approximate surface area is 179 Å². The van der Waals surface area contributed by atoms with Gasteiger partial charge in [-0.25, -0.2) is 0 Å². The number of aromatic amines is 2. The van der Waals surface area contributed by atoms with Crippen molar-refractivity contribution in [3.8, 4) is 11.3 Å². The van der Waals surface area contributed by atoms with Crippen LogP contribution in [-0.4, -0.2) is 19.7 Å². The molecule has 3 N–H and O–H groups in total. The number of hydrogen-bond donors (Lipinski definition) is 3. The third kappa shape index (κ3) is 4.14. The number of anilines is 1. The van der Waals surface area contributed by atoms with E-state index >= 15 is 0 Å². The molecule has 0 aliphatic rings. The maximum absolute atomic E-state index is 12.4. The van der Waals surface area contributed by atoms with Crippen LogP contribution in [0.2, 0.25) is 0 Å². The molecule has 6 nitrogen and oxygen atoms in total. The molecule has 6 heteroatoms. The Morgan fingerprint density at radius 1 is 1.03 bits per heavy atom. The number of H-pyrrole nitrogens is 2. The maximum atomic E-state index is 12.4. The van der Waals surface area contributed by atoms with Crippen LogP contribution < -0.4 is 10.9 Å². The van der Waals surface area contributed by atoms with Crippen molar-refractivity contribution in [3.05, 3.63) is 106 Å². The minimum absolute atomic E-state index is 0.110. The van der Waals surface area contributed by atoms with E-state index in [9.17, 15) is 4.79 Å². The van der Waals surface area contributed by atoms with Gasteiger partial charge in [-0.05, 0) is 36.2 Å². The first-order chi connectivity index (χ1) is 15.1. The Morgan fingerprint density at radius 2 is 1.87 bits per heavy atom. The Bertz CT molecular complexity index is 1360. The average Bonchev–Trinajstić information content (AvgIpc) is 3.41. The molecule has 31 heavy (non-hydrogen) atoms. The Morgan fingerprint density at radius 3 is 2.71 bits per heavy atom. The van der Waals surface area contributed by atoms with Gasteiger partial charge in [-0.1, -0.05) is 48.0 Å². The first-order valence-corrected chi connectivity index (χ1v) is 10.3. The van der Waals surface area contributed by atoms with E-state index in [0.29, 0.717) is 12.1 Å². The number of rotatable bonds is 6. The SMILES string of the molecule is Cc1ccc(Cn2cc(NCc3c[nH]c(=O)c(-c4cc5ccccc5[nH]4)c3)cn2)cc1. The molecule has 0 amide bonds. The summed E-state index contributed by atoms with van der Waals surface area (Å²) in [5.41, 5.74) is 6.73. The summed E-state index contributed by atoms with van der Waals surface area (Å²) >= 11 is 0. The van der Waals surface area contributed by atoms with Crippen LogP contribution in [0.15, 0.2) is 84.0 Å². The molecule has 0 saturated carbocycles. The van der Waals surface area contributed by atoms with Crippen LogP contribution in [0.5, 0.6) is 0 Å². The summed E-state index contributed by atoms with van der Waals surface area (Å²) in [5.74, 6) is 0. The van der Waals surface area contributed by atoms with Gasteiger partial charge in [-0.3, -0.25) is 9.48 Å². The summed E-state index contributed by atoms with van der Waals surface area (Å²) in [5, 5.41) is 8.91. The summed E-state index contributed by atoms with van der Waals surface area (Å²) in [6.07, 6.45) is 5.56. The molecule has 0 fully saturated rings. The minimum atomic E-state index is -0.110. The van der Waals surface area contributed by atoms with Crippen molar-refractivity contribution in [2.45, 2.75) is 20.0 Å². The lowest BCUT2D eigenvalue weighted by Crippen LogP contribution is -2.11.